The molecule has 120 valence electrons. The zero-order valence-corrected chi connectivity index (χ0v) is 16.2. The summed E-state index contributed by atoms with van der Waals surface area (Å²) < 4.78 is 0. The van der Waals surface area contributed by atoms with Crippen molar-refractivity contribution >= 4 is 46.4 Å². The zero-order valence-electron chi connectivity index (χ0n) is 13.1. The second-order valence-electron chi connectivity index (χ2n) is 5.64. The van der Waals surface area contributed by atoms with E-state index in [1.165, 1.54) is 0 Å². The summed E-state index contributed by atoms with van der Waals surface area (Å²) in [5.41, 5.74) is 2.30. The molecule has 0 saturated carbocycles. The molecule has 0 atom stereocenters. The van der Waals surface area contributed by atoms with Gasteiger partial charge in [-0.05, 0) is 47.2 Å². The van der Waals surface area contributed by atoms with Gasteiger partial charge in [-0.1, -0.05) is 86.2 Å². The van der Waals surface area contributed by atoms with E-state index in [2.05, 4.69) is 27.7 Å². The molecule has 0 N–H and O–H groups in total. The Morgan fingerprint density at radius 1 is 0.591 bits per heavy atom. The van der Waals surface area contributed by atoms with Gasteiger partial charge in [-0.2, -0.15) is 0 Å². The highest BCUT2D eigenvalue weighted by Crippen LogP contribution is 2.27. The maximum absolute atomic E-state index is 5.94. The predicted molar refractivity (Wildman–Crippen MR) is 101 cm³/mol. The quantitative estimate of drug-likeness (QED) is 0.494. The van der Waals surface area contributed by atoms with Crippen molar-refractivity contribution < 1.29 is 0 Å². The molecule has 0 amide bonds. The number of hydrogen-bond acceptors (Lipinski definition) is 0. The van der Waals surface area contributed by atoms with Crippen LogP contribution in [0.5, 0.6) is 0 Å². The van der Waals surface area contributed by atoms with Crippen molar-refractivity contribution in [3.8, 4) is 0 Å². The van der Waals surface area contributed by atoms with Gasteiger partial charge < -0.3 is 0 Å². The molecule has 4 heteroatoms. The van der Waals surface area contributed by atoms with Crippen molar-refractivity contribution in [1.82, 2.24) is 0 Å². The van der Waals surface area contributed by atoms with E-state index in [0.29, 0.717) is 21.9 Å². The van der Waals surface area contributed by atoms with E-state index in [1.807, 2.05) is 24.3 Å². The summed E-state index contributed by atoms with van der Waals surface area (Å²) in [7, 11) is 0. The monoisotopic (exact) mass is 376 g/mol. The highest BCUT2D eigenvalue weighted by atomic mass is 35.5. The third-order valence-corrected chi connectivity index (χ3v) is 4.29. The van der Waals surface area contributed by atoms with Gasteiger partial charge in [-0.25, -0.2) is 0 Å². The largest absolute Gasteiger partial charge is 0.0843 e. The topological polar surface area (TPSA) is 0 Å². The molecule has 22 heavy (non-hydrogen) atoms. The molecule has 0 saturated heterocycles. The van der Waals surface area contributed by atoms with Crippen LogP contribution in [0.3, 0.4) is 0 Å². The maximum atomic E-state index is 5.94. The Bertz CT molecular complexity index is 563. The molecule has 0 aliphatic rings. The van der Waals surface area contributed by atoms with Crippen LogP contribution < -0.4 is 0 Å². The first-order valence-electron chi connectivity index (χ1n) is 7.12. The lowest BCUT2D eigenvalue weighted by molar-refractivity contribution is 0.867. The molecule has 0 spiro atoms. The molecular weight excluding hydrogens is 358 g/mol. The summed E-state index contributed by atoms with van der Waals surface area (Å²) in [6, 6.07) is 11.2. The fourth-order valence-corrected chi connectivity index (χ4v) is 3.19. The second-order valence-corrected chi connectivity index (χ2v) is 7.33. The van der Waals surface area contributed by atoms with Gasteiger partial charge in [0.2, 0.25) is 0 Å². The lowest BCUT2D eigenvalue weighted by atomic mass is 10.0. The molecule has 0 aromatic heterocycles. The van der Waals surface area contributed by atoms with Crippen LogP contribution in [0.4, 0.5) is 0 Å². The maximum Gasteiger partial charge on any atom is 0.0455 e. The number of hydrogen-bond donors (Lipinski definition) is 0. The van der Waals surface area contributed by atoms with Crippen LogP contribution in [-0.2, 0) is 0 Å². The van der Waals surface area contributed by atoms with E-state index in [-0.39, 0.29) is 0 Å². The minimum atomic E-state index is 0.458. The van der Waals surface area contributed by atoms with Gasteiger partial charge in [0.25, 0.3) is 0 Å². The van der Waals surface area contributed by atoms with E-state index in [0.717, 1.165) is 21.2 Å². The van der Waals surface area contributed by atoms with Gasteiger partial charge in [0.1, 0.15) is 0 Å². The molecule has 0 aliphatic carbocycles. The van der Waals surface area contributed by atoms with Crippen molar-refractivity contribution in [3.05, 3.63) is 67.6 Å². The average Bonchev–Trinajstić information content (AvgIpc) is 2.38. The van der Waals surface area contributed by atoms with Crippen LogP contribution in [0.25, 0.3) is 0 Å². The summed E-state index contributed by atoms with van der Waals surface area (Å²) in [5.74, 6) is 0.916. The van der Waals surface area contributed by atoms with E-state index in [9.17, 15) is 0 Å². The normalized spacial score (nSPS) is 10.6. The fourth-order valence-electron chi connectivity index (χ4n) is 1.94. The Morgan fingerprint density at radius 2 is 0.909 bits per heavy atom. The van der Waals surface area contributed by atoms with Gasteiger partial charge in [-0.3, -0.25) is 0 Å². The number of halogens is 4. The fraction of sp³-hybridized carbons (Fsp3) is 0.333. The molecule has 2 rings (SSSR count). The molecular formula is C18H20Cl4. The third kappa shape index (κ3) is 6.01. The molecule has 0 unspecified atom stereocenters. The first-order chi connectivity index (χ1) is 10.2. The average molecular weight is 378 g/mol. The summed E-state index contributed by atoms with van der Waals surface area (Å²) in [6.45, 7) is 8.43. The molecule has 2 aromatic rings. The van der Waals surface area contributed by atoms with Crippen molar-refractivity contribution in [1.29, 1.82) is 0 Å². The van der Waals surface area contributed by atoms with Crippen LogP contribution >= 0.6 is 46.4 Å². The molecule has 0 heterocycles. The van der Waals surface area contributed by atoms with Gasteiger partial charge in [-0.15, -0.1) is 0 Å². The lowest BCUT2D eigenvalue weighted by Gasteiger charge is -2.06. The Labute approximate surface area is 153 Å². The van der Waals surface area contributed by atoms with Gasteiger partial charge >= 0.3 is 0 Å². The Kier molecular flexibility index (Phi) is 8.07. The van der Waals surface area contributed by atoms with Crippen molar-refractivity contribution in [2.24, 2.45) is 0 Å². The molecule has 0 fully saturated rings. The highest BCUT2D eigenvalue weighted by molar-refractivity contribution is 6.35. The summed E-state index contributed by atoms with van der Waals surface area (Å²) in [5, 5.41) is 2.90. The van der Waals surface area contributed by atoms with E-state index < -0.39 is 0 Å². The summed E-state index contributed by atoms with van der Waals surface area (Å²) >= 11 is 23.4. The molecule has 2 aromatic carbocycles. The van der Waals surface area contributed by atoms with Crippen LogP contribution in [0.2, 0.25) is 20.1 Å². The minimum absolute atomic E-state index is 0.458. The van der Waals surface area contributed by atoms with Crippen LogP contribution in [0.1, 0.15) is 50.7 Å². The van der Waals surface area contributed by atoms with Gasteiger partial charge in [0.15, 0.2) is 0 Å². The Balaban J connectivity index is 0.000000220. The smallest absolute Gasteiger partial charge is 0.0455 e. The Hall–Kier alpha value is -0.400. The van der Waals surface area contributed by atoms with E-state index in [4.69, 9.17) is 46.4 Å². The SMILES string of the molecule is CC(C)c1ccc(Cl)cc1Cl.CC(C)c1ccc(Cl)cc1Cl. The first kappa shape index (κ1) is 19.6. The molecule has 0 aliphatic heterocycles. The standard InChI is InChI=1S/2C9H10Cl2/c2*1-6(2)8-4-3-7(10)5-9(8)11/h2*3-6H,1-2H3. The number of rotatable bonds is 2. The summed E-state index contributed by atoms with van der Waals surface area (Å²) in [4.78, 5) is 0. The predicted octanol–water partition coefficient (Wildman–Crippen LogP) is 8.23. The molecule has 0 radical (unpaired) electrons. The van der Waals surface area contributed by atoms with E-state index in [1.54, 1.807) is 12.1 Å². The van der Waals surface area contributed by atoms with Crippen LogP contribution in [0, 0.1) is 0 Å². The van der Waals surface area contributed by atoms with Crippen molar-refractivity contribution in [2.75, 3.05) is 0 Å². The van der Waals surface area contributed by atoms with Crippen LogP contribution in [-0.4, -0.2) is 0 Å². The first-order valence-corrected chi connectivity index (χ1v) is 8.63. The third-order valence-electron chi connectivity index (χ3n) is 3.17. The lowest BCUT2D eigenvalue weighted by Crippen LogP contribution is -1.87. The molecule has 0 bridgehead atoms. The Morgan fingerprint density at radius 3 is 1.14 bits per heavy atom. The zero-order chi connectivity index (χ0) is 16.9. The van der Waals surface area contributed by atoms with E-state index >= 15 is 0 Å². The second kappa shape index (κ2) is 9.03. The minimum Gasteiger partial charge on any atom is -0.0843 e. The van der Waals surface area contributed by atoms with Crippen molar-refractivity contribution in [2.45, 2.75) is 39.5 Å². The highest BCUT2D eigenvalue weighted by Gasteiger charge is 2.04. The number of benzene rings is 2. The summed E-state index contributed by atoms with van der Waals surface area (Å²) in [6.07, 6.45) is 0. The molecule has 0 nitrogen and oxygen atoms in total. The van der Waals surface area contributed by atoms with Crippen molar-refractivity contribution in [3.63, 3.8) is 0 Å². The van der Waals surface area contributed by atoms with Gasteiger partial charge in [0, 0.05) is 20.1 Å². The van der Waals surface area contributed by atoms with Gasteiger partial charge in [0.05, 0.1) is 0 Å². The van der Waals surface area contributed by atoms with Crippen LogP contribution in [0.15, 0.2) is 36.4 Å².